The molecule has 4 N–H and O–H groups in total. The van der Waals surface area contributed by atoms with E-state index in [-0.39, 0.29) is 38.8 Å². The van der Waals surface area contributed by atoms with Crippen LogP contribution in [0.2, 0.25) is 5.02 Å². The van der Waals surface area contributed by atoms with Crippen LogP contribution < -0.4 is 16.4 Å². The third-order valence-electron chi connectivity index (χ3n) is 3.57. The number of carbonyl (C=O) groups excluding carboxylic acids is 2. The topological polar surface area (TPSA) is 84.2 Å². The Kier molecular flexibility index (Phi) is 10.4. The summed E-state index contributed by atoms with van der Waals surface area (Å²) in [6, 6.07) is 6.30. The lowest BCUT2D eigenvalue weighted by Crippen LogP contribution is -2.62. The molecule has 8 heteroatoms. The molecule has 1 aliphatic heterocycles. The summed E-state index contributed by atoms with van der Waals surface area (Å²) in [4.78, 5) is 24.1. The molecule has 5 nitrogen and oxygen atoms in total. The number of benzene rings is 1. The molecule has 1 heterocycles. The van der Waals surface area contributed by atoms with E-state index in [4.69, 9.17) is 17.3 Å². The number of halogens is 1. The zero-order valence-corrected chi connectivity index (χ0v) is 15.5. The molecule has 1 aliphatic rings. The van der Waals surface area contributed by atoms with Crippen LogP contribution in [0.1, 0.15) is 24.8 Å². The Balaban J connectivity index is 0.00000242. The normalized spacial score (nSPS) is 19.9. The Bertz CT molecular complexity index is 514. The maximum Gasteiger partial charge on any atom is 0.243 e. The summed E-state index contributed by atoms with van der Waals surface area (Å²) in [5, 5.41) is 6.23. The maximum absolute atomic E-state index is 12.1. The fraction of sp³-hybridized carbons (Fsp3) is 0.467. The van der Waals surface area contributed by atoms with Gasteiger partial charge in [-0.25, -0.2) is 0 Å². The van der Waals surface area contributed by atoms with Crippen LogP contribution in [0.3, 0.4) is 0 Å². The smallest absolute Gasteiger partial charge is 0.243 e. The lowest BCUT2D eigenvalue weighted by Gasteiger charge is -2.29. The molecule has 1 aromatic rings. The highest BCUT2D eigenvalue weighted by molar-refractivity contribution is 7.59. The lowest BCUT2D eigenvalue weighted by molar-refractivity contribution is -0.136. The van der Waals surface area contributed by atoms with Gasteiger partial charge >= 0.3 is 0 Å². The second-order valence-electron chi connectivity index (χ2n) is 5.24. The number of carbonyl (C=O) groups is 2. The fourth-order valence-corrected chi connectivity index (χ4v) is 2.50. The zero-order chi connectivity index (χ0) is 15.2. The van der Waals surface area contributed by atoms with Gasteiger partial charge in [0.25, 0.3) is 0 Å². The summed E-state index contributed by atoms with van der Waals surface area (Å²) < 4.78 is 0. The average molecular weight is 378 g/mol. The maximum atomic E-state index is 12.1. The van der Waals surface area contributed by atoms with Crippen molar-refractivity contribution in [2.45, 2.75) is 37.8 Å². The largest absolute Gasteiger partial charge is 0.343 e. The Hall–Kier alpha value is -0.890. The average Bonchev–Trinajstić information content (AvgIpc) is 2.46. The van der Waals surface area contributed by atoms with Crippen molar-refractivity contribution >= 4 is 50.4 Å². The summed E-state index contributed by atoms with van der Waals surface area (Å²) in [7, 11) is 0. The fourth-order valence-electron chi connectivity index (χ4n) is 2.37. The van der Waals surface area contributed by atoms with Crippen molar-refractivity contribution in [3.63, 3.8) is 0 Å². The number of rotatable bonds is 6. The summed E-state index contributed by atoms with van der Waals surface area (Å²) in [5.41, 5.74) is 6.39. The monoisotopic (exact) mass is 377 g/mol. The van der Waals surface area contributed by atoms with E-state index in [1.165, 1.54) is 0 Å². The first-order valence-corrected chi connectivity index (χ1v) is 7.53. The number of hydrogen-bond donors (Lipinski definition) is 3. The Morgan fingerprint density at radius 3 is 2.13 bits per heavy atom. The molecular weight excluding hydrogens is 354 g/mol. The van der Waals surface area contributed by atoms with E-state index < -0.39 is 12.1 Å². The second kappa shape index (κ2) is 10.8. The molecule has 2 rings (SSSR count). The molecule has 1 fully saturated rings. The van der Waals surface area contributed by atoms with Crippen LogP contribution in [0, 0.1) is 0 Å². The van der Waals surface area contributed by atoms with Crippen LogP contribution in [0.4, 0.5) is 0 Å². The molecule has 0 aliphatic carbocycles. The predicted octanol–water partition coefficient (Wildman–Crippen LogP) is 1.22. The molecule has 23 heavy (non-hydrogen) atoms. The minimum absolute atomic E-state index is 0. The molecule has 2 amide bonds. The molecule has 1 aromatic carbocycles. The number of piperazine rings is 1. The third-order valence-corrected chi connectivity index (χ3v) is 3.82. The van der Waals surface area contributed by atoms with Crippen LogP contribution in [0.5, 0.6) is 0 Å². The molecule has 0 saturated carbocycles. The van der Waals surface area contributed by atoms with Gasteiger partial charge < -0.3 is 16.4 Å². The van der Waals surface area contributed by atoms with Crippen molar-refractivity contribution in [2.75, 3.05) is 6.54 Å². The van der Waals surface area contributed by atoms with E-state index in [9.17, 15) is 9.59 Å². The molecule has 0 unspecified atom stereocenters. The number of nitrogens with two attached hydrogens (primary N) is 1. The van der Waals surface area contributed by atoms with Crippen LogP contribution in [-0.4, -0.2) is 30.4 Å². The van der Waals surface area contributed by atoms with E-state index in [1.807, 2.05) is 12.1 Å². The van der Waals surface area contributed by atoms with Gasteiger partial charge in [-0.05, 0) is 43.5 Å². The van der Waals surface area contributed by atoms with Gasteiger partial charge in [0.15, 0.2) is 0 Å². The molecule has 130 valence electrons. The zero-order valence-electron chi connectivity index (χ0n) is 12.8. The summed E-state index contributed by atoms with van der Waals surface area (Å²) in [5.74, 6) is -0.257. The standard InChI is InChI=1S/C15H20ClN3O2.2H2S/c16-11-6-4-10(5-7-11)9-13-15(21)18-12(14(20)19-13)3-1-2-8-17;;/h4-7,12-13H,1-3,8-9,17H2,(H,18,21)(H,19,20);2*1H2/t12-,13-;;/m0../s1. The third kappa shape index (κ3) is 6.63. The quantitative estimate of drug-likeness (QED) is 0.652. The van der Waals surface area contributed by atoms with Crippen LogP contribution >= 0.6 is 38.6 Å². The van der Waals surface area contributed by atoms with E-state index in [1.54, 1.807) is 12.1 Å². The van der Waals surface area contributed by atoms with Gasteiger partial charge in [-0.1, -0.05) is 23.7 Å². The van der Waals surface area contributed by atoms with Crippen molar-refractivity contribution in [3.8, 4) is 0 Å². The number of nitrogens with one attached hydrogen (secondary N) is 2. The molecule has 0 aromatic heterocycles. The highest BCUT2D eigenvalue weighted by Gasteiger charge is 2.32. The molecule has 0 spiro atoms. The molecule has 0 bridgehead atoms. The van der Waals surface area contributed by atoms with E-state index in [0.717, 1.165) is 18.4 Å². The molecular formula is C15H24ClN3O2S2. The number of amides is 2. The first-order valence-electron chi connectivity index (χ1n) is 7.15. The highest BCUT2D eigenvalue weighted by atomic mass is 35.5. The summed E-state index contributed by atoms with van der Waals surface area (Å²) >= 11 is 5.83. The first kappa shape index (κ1) is 22.1. The first-order chi connectivity index (χ1) is 10.1. The Labute approximate surface area is 155 Å². The molecule has 2 atom stereocenters. The van der Waals surface area contributed by atoms with Crippen LogP contribution in [0.15, 0.2) is 24.3 Å². The predicted molar refractivity (Wildman–Crippen MR) is 103 cm³/mol. The van der Waals surface area contributed by atoms with Gasteiger partial charge in [0.05, 0.1) is 0 Å². The van der Waals surface area contributed by atoms with E-state index in [2.05, 4.69) is 10.6 Å². The van der Waals surface area contributed by atoms with Gasteiger partial charge in [0.1, 0.15) is 12.1 Å². The van der Waals surface area contributed by atoms with Gasteiger partial charge in [-0.2, -0.15) is 27.0 Å². The van der Waals surface area contributed by atoms with Crippen molar-refractivity contribution in [2.24, 2.45) is 5.73 Å². The van der Waals surface area contributed by atoms with Gasteiger partial charge in [-0.15, -0.1) is 0 Å². The van der Waals surface area contributed by atoms with E-state index >= 15 is 0 Å². The van der Waals surface area contributed by atoms with Gasteiger partial charge in [0.2, 0.25) is 11.8 Å². The second-order valence-corrected chi connectivity index (χ2v) is 5.67. The van der Waals surface area contributed by atoms with Crippen molar-refractivity contribution in [1.29, 1.82) is 0 Å². The summed E-state index contributed by atoms with van der Waals surface area (Å²) in [6.45, 7) is 0.599. The van der Waals surface area contributed by atoms with Crippen LogP contribution in [-0.2, 0) is 16.0 Å². The minimum Gasteiger partial charge on any atom is -0.343 e. The van der Waals surface area contributed by atoms with Crippen LogP contribution in [0.25, 0.3) is 0 Å². The number of hydrogen-bond acceptors (Lipinski definition) is 3. The van der Waals surface area contributed by atoms with E-state index in [0.29, 0.717) is 24.4 Å². The van der Waals surface area contributed by atoms with Crippen molar-refractivity contribution in [1.82, 2.24) is 10.6 Å². The lowest BCUT2D eigenvalue weighted by atomic mass is 10.00. The van der Waals surface area contributed by atoms with Crippen molar-refractivity contribution < 1.29 is 9.59 Å². The SMILES string of the molecule is NCCCC[C@@H]1NC(=O)[C@H](Cc2ccc(Cl)cc2)NC1=O.S.S. The highest BCUT2D eigenvalue weighted by Crippen LogP contribution is 2.13. The van der Waals surface area contributed by atoms with Crippen molar-refractivity contribution in [3.05, 3.63) is 34.9 Å². The van der Waals surface area contributed by atoms with Gasteiger partial charge in [-0.3, -0.25) is 9.59 Å². The molecule has 0 radical (unpaired) electrons. The number of unbranched alkanes of at least 4 members (excludes halogenated alkanes) is 1. The summed E-state index contributed by atoms with van der Waals surface area (Å²) in [6.07, 6.45) is 2.78. The minimum atomic E-state index is -0.524. The Morgan fingerprint density at radius 2 is 1.52 bits per heavy atom. The Morgan fingerprint density at radius 1 is 0.957 bits per heavy atom. The van der Waals surface area contributed by atoms with Gasteiger partial charge in [0, 0.05) is 11.4 Å². The molecule has 1 saturated heterocycles.